The Kier molecular flexibility index (Phi) is 12.3. The summed E-state index contributed by atoms with van der Waals surface area (Å²) in [6, 6.07) is 0. The number of halogens is 1. The van der Waals surface area contributed by atoms with Gasteiger partial charge in [-0.3, -0.25) is 0 Å². The quantitative estimate of drug-likeness (QED) is 0.368. The first-order valence-electron chi connectivity index (χ1n) is 4.10. The number of hydrogen-bond acceptors (Lipinski definition) is 2. The molecule has 0 N–H and O–H groups in total. The fraction of sp³-hybridized carbons (Fsp3) is 0.667. The van der Waals surface area contributed by atoms with Crippen molar-refractivity contribution >= 4 is 18.4 Å². The number of hydrogen-bond donors (Lipinski definition) is 0. The van der Waals surface area contributed by atoms with E-state index in [1.54, 1.807) is 0 Å². The first-order valence-corrected chi connectivity index (χ1v) is 4.10. The largest absolute Gasteiger partial charge is 0.463 e. The van der Waals surface area contributed by atoms with Gasteiger partial charge in [-0.2, -0.15) is 0 Å². The van der Waals surface area contributed by atoms with Gasteiger partial charge < -0.3 is 4.74 Å². The Bertz CT molecular complexity index is 124. The van der Waals surface area contributed by atoms with Crippen LogP contribution in [0.15, 0.2) is 12.7 Å². The molecule has 0 aromatic heterocycles. The molecular formula is C9H17ClO2. The fourth-order valence-electron chi connectivity index (χ4n) is 0.761. The van der Waals surface area contributed by atoms with E-state index >= 15 is 0 Å². The predicted octanol–water partition coefficient (Wildman–Crippen LogP) is 2.72. The van der Waals surface area contributed by atoms with Crippen molar-refractivity contribution in [1.82, 2.24) is 0 Å². The predicted molar refractivity (Wildman–Crippen MR) is 52.5 cm³/mol. The molecule has 0 radical (unpaired) electrons. The lowest BCUT2D eigenvalue weighted by Crippen LogP contribution is -2.01. The summed E-state index contributed by atoms with van der Waals surface area (Å²) in [6.07, 6.45) is 5.72. The van der Waals surface area contributed by atoms with Crippen LogP contribution in [0, 0.1) is 0 Å². The molecule has 0 atom stereocenters. The van der Waals surface area contributed by atoms with Crippen molar-refractivity contribution in [1.29, 1.82) is 0 Å². The van der Waals surface area contributed by atoms with Gasteiger partial charge in [-0.05, 0) is 6.42 Å². The molecule has 0 rings (SSSR count). The van der Waals surface area contributed by atoms with Crippen LogP contribution in [0.3, 0.4) is 0 Å². The van der Waals surface area contributed by atoms with Gasteiger partial charge in [-0.1, -0.05) is 32.8 Å². The maximum absolute atomic E-state index is 10.5. The van der Waals surface area contributed by atoms with E-state index in [0.717, 1.165) is 12.8 Å². The molecule has 0 saturated heterocycles. The van der Waals surface area contributed by atoms with E-state index in [1.165, 1.54) is 18.9 Å². The van der Waals surface area contributed by atoms with E-state index in [2.05, 4.69) is 13.5 Å². The van der Waals surface area contributed by atoms with Crippen molar-refractivity contribution in [2.24, 2.45) is 0 Å². The van der Waals surface area contributed by atoms with Crippen molar-refractivity contribution in [2.75, 3.05) is 6.61 Å². The highest BCUT2D eigenvalue weighted by Crippen LogP contribution is 1.98. The van der Waals surface area contributed by atoms with Crippen LogP contribution in [0.2, 0.25) is 0 Å². The van der Waals surface area contributed by atoms with Crippen molar-refractivity contribution in [2.45, 2.75) is 32.6 Å². The van der Waals surface area contributed by atoms with Crippen molar-refractivity contribution in [3.05, 3.63) is 12.7 Å². The smallest absolute Gasteiger partial charge is 0.330 e. The SMILES string of the molecule is C=CC(=O)OCCCCCC.Cl. The van der Waals surface area contributed by atoms with Crippen LogP contribution in [0.25, 0.3) is 0 Å². The Labute approximate surface area is 80.4 Å². The maximum Gasteiger partial charge on any atom is 0.330 e. The molecule has 0 aliphatic heterocycles. The Morgan fingerprint density at radius 3 is 2.58 bits per heavy atom. The van der Waals surface area contributed by atoms with E-state index < -0.39 is 0 Å². The van der Waals surface area contributed by atoms with Gasteiger partial charge in [-0.15, -0.1) is 12.4 Å². The molecule has 0 aromatic carbocycles. The third-order valence-electron chi connectivity index (χ3n) is 1.41. The highest BCUT2D eigenvalue weighted by molar-refractivity contribution is 5.85. The number of esters is 1. The molecule has 0 aliphatic carbocycles. The average molecular weight is 193 g/mol. The van der Waals surface area contributed by atoms with E-state index in [9.17, 15) is 4.79 Å². The van der Waals surface area contributed by atoms with E-state index in [4.69, 9.17) is 4.74 Å². The molecule has 0 spiro atoms. The minimum atomic E-state index is -0.318. The molecule has 0 unspecified atom stereocenters. The Hall–Kier alpha value is -0.500. The summed E-state index contributed by atoms with van der Waals surface area (Å²) in [5.74, 6) is -0.318. The van der Waals surface area contributed by atoms with Gasteiger partial charge in [0.1, 0.15) is 0 Å². The summed E-state index contributed by atoms with van der Waals surface area (Å²) in [5, 5.41) is 0. The number of unbranched alkanes of at least 4 members (excludes halogenated alkanes) is 3. The highest BCUT2D eigenvalue weighted by Gasteiger charge is 1.93. The second-order valence-electron chi connectivity index (χ2n) is 2.43. The Morgan fingerprint density at radius 2 is 2.08 bits per heavy atom. The van der Waals surface area contributed by atoms with Crippen LogP contribution >= 0.6 is 12.4 Å². The van der Waals surface area contributed by atoms with Crippen molar-refractivity contribution < 1.29 is 9.53 Å². The summed E-state index contributed by atoms with van der Waals surface area (Å²) >= 11 is 0. The lowest BCUT2D eigenvalue weighted by Gasteiger charge is -1.99. The Balaban J connectivity index is 0. The summed E-state index contributed by atoms with van der Waals surface area (Å²) in [6.45, 7) is 5.98. The molecule has 0 amide bonds. The van der Waals surface area contributed by atoms with Gasteiger partial charge in [0.05, 0.1) is 6.61 Å². The van der Waals surface area contributed by atoms with E-state index in [0.29, 0.717) is 6.61 Å². The third kappa shape index (κ3) is 9.50. The normalized spacial score (nSPS) is 8.42. The standard InChI is InChI=1S/C9H16O2.ClH/c1-3-5-6-7-8-11-9(10)4-2;/h4H,2-3,5-8H2,1H3;1H. The minimum absolute atomic E-state index is 0. The summed E-state index contributed by atoms with van der Waals surface area (Å²) in [5.41, 5.74) is 0. The van der Waals surface area contributed by atoms with Gasteiger partial charge >= 0.3 is 5.97 Å². The van der Waals surface area contributed by atoms with Crippen molar-refractivity contribution in [3.63, 3.8) is 0 Å². The molecule has 3 heteroatoms. The molecule has 0 aromatic rings. The van der Waals surface area contributed by atoms with Crippen LogP contribution < -0.4 is 0 Å². The maximum atomic E-state index is 10.5. The van der Waals surface area contributed by atoms with Crippen LogP contribution in [-0.4, -0.2) is 12.6 Å². The lowest BCUT2D eigenvalue weighted by molar-refractivity contribution is -0.137. The second kappa shape index (κ2) is 10.5. The van der Waals surface area contributed by atoms with Gasteiger partial charge in [-0.25, -0.2) is 4.79 Å². The summed E-state index contributed by atoms with van der Waals surface area (Å²) < 4.78 is 4.78. The van der Waals surface area contributed by atoms with E-state index in [-0.39, 0.29) is 18.4 Å². The summed E-state index contributed by atoms with van der Waals surface area (Å²) in [7, 11) is 0. The van der Waals surface area contributed by atoms with Crippen molar-refractivity contribution in [3.8, 4) is 0 Å². The average Bonchev–Trinajstić information content (AvgIpc) is 2.04. The number of ether oxygens (including phenoxy) is 1. The molecule has 0 aliphatic rings. The molecule has 72 valence electrons. The Morgan fingerprint density at radius 1 is 1.42 bits per heavy atom. The molecule has 0 bridgehead atoms. The van der Waals surface area contributed by atoms with Crippen LogP contribution in [0.5, 0.6) is 0 Å². The van der Waals surface area contributed by atoms with Gasteiger partial charge in [0.15, 0.2) is 0 Å². The molecule has 12 heavy (non-hydrogen) atoms. The zero-order chi connectivity index (χ0) is 8.53. The highest BCUT2D eigenvalue weighted by atomic mass is 35.5. The lowest BCUT2D eigenvalue weighted by atomic mass is 10.2. The first-order chi connectivity index (χ1) is 5.31. The molecule has 0 fully saturated rings. The summed E-state index contributed by atoms with van der Waals surface area (Å²) in [4.78, 5) is 10.5. The molecular weight excluding hydrogens is 176 g/mol. The first kappa shape index (κ1) is 14.0. The monoisotopic (exact) mass is 192 g/mol. The van der Waals surface area contributed by atoms with E-state index in [1.807, 2.05) is 0 Å². The van der Waals surface area contributed by atoms with Crippen LogP contribution in [0.4, 0.5) is 0 Å². The van der Waals surface area contributed by atoms with Crippen LogP contribution in [0.1, 0.15) is 32.6 Å². The topological polar surface area (TPSA) is 26.3 Å². The number of rotatable bonds is 6. The van der Waals surface area contributed by atoms with Crippen LogP contribution in [-0.2, 0) is 9.53 Å². The second-order valence-corrected chi connectivity index (χ2v) is 2.43. The fourth-order valence-corrected chi connectivity index (χ4v) is 0.761. The molecule has 0 saturated carbocycles. The zero-order valence-electron chi connectivity index (χ0n) is 7.54. The third-order valence-corrected chi connectivity index (χ3v) is 1.41. The zero-order valence-corrected chi connectivity index (χ0v) is 8.36. The number of carbonyl (C=O) groups is 1. The molecule has 0 heterocycles. The van der Waals surface area contributed by atoms with Gasteiger partial charge in [0, 0.05) is 6.08 Å². The minimum Gasteiger partial charge on any atom is -0.463 e. The molecule has 2 nitrogen and oxygen atoms in total. The van der Waals surface area contributed by atoms with Gasteiger partial charge in [0.25, 0.3) is 0 Å². The van der Waals surface area contributed by atoms with Gasteiger partial charge in [0.2, 0.25) is 0 Å². The number of carbonyl (C=O) groups excluding carboxylic acids is 1.